The van der Waals surface area contributed by atoms with E-state index in [1.165, 1.54) is 0 Å². The zero-order valence-electron chi connectivity index (χ0n) is 18.4. The van der Waals surface area contributed by atoms with Gasteiger partial charge >= 0.3 is 0 Å². The van der Waals surface area contributed by atoms with E-state index in [0.29, 0.717) is 12.1 Å². The Balaban J connectivity index is 1.42. The third-order valence-electron chi connectivity index (χ3n) is 5.18. The minimum Gasteiger partial charge on any atom is -0.497 e. The summed E-state index contributed by atoms with van der Waals surface area (Å²) in [7, 11) is 1.61. The number of ether oxygens (including phenoxy) is 2. The van der Waals surface area contributed by atoms with Gasteiger partial charge in [0.2, 0.25) is 5.91 Å². The van der Waals surface area contributed by atoms with Gasteiger partial charge in [0.1, 0.15) is 5.75 Å². The van der Waals surface area contributed by atoms with Crippen molar-refractivity contribution in [2.24, 2.45) is 0 Å². The molecule has 1 heterocycles. The molecule has 2 unspecified atom stereocenters. The summed E-state index contributed by atoms with van der Waals surface area (Å²) in [5, 5.41) is 5.46. The van der Waals surface area contributed by atoms with Crippen molar-refractivity contribution in [2.75, 3.05) is 26.7 Å². The number of rotatable bonds is 8. The molecule has 0 radical (unpaired) electrons. The van der Waals surface area contributed by atoms with E-state index in [4.69, 9.17) is 9.47 Å². The fourth-order valence-corrected chi connectivity index (χ4v) is 3.70. The molecule has 1 aliphatic heterocycles. The van der Waals surface area contributed by atoms with Crippen LogP contribution in [-0.2, 0) is 22.6 Å². The van der Waals surface area contributed by atoms with E-state index in [1.54, 1.807) is 19.2 Å². The molecule has 31 heavy (non-hydrogen) atoms. The van der Waals surface area contributed by atoms with Gasteiger partial charge in [-0.15, -0.1) is 0 Å². The highest BCUT2D eigenvalue weighted by Crippen LogP contribution is 2.15. The van der Waals surface area contributed by atoms with Crippen molar-refractivity contribution in [3.05, 3.63) is 65.2 Å². The van der Waals surface area contributed by atoms with Crippen molar-refractivity contribution in [1.29, 1.82) is 0 Å². The summed E-state index contributed by atoms with van der Waals surface area (Å²) in [6.45, 7) is 7.13. The lowest BCUT2D eigenvalue weighted by Gasteiger charge is -2.35. The molecule has 2 amide bonds. The number of carbonyl (C=O) groups excluding carboxylic acids is 2. The van der Waals surface area contributed by atoms with Crippen molar-refractivity contribution >= 4 is 11.8 Å². The number of carbonyl (C=O) groups is 2. The fraction of sp³-hybridized carbons (Fsp3) is 0.417. The van der Waals surface area contributed by atoms with E-state index in [2.05, 4.69) is 29.4 Å². The van der Waals surface area contributed by atoms with Crippen molar-refractivity contribution < 1.29 is 19.1 Å². The van der Waals surface area contributed by atoms with Crippen LogP contribution in [0.2, 0.25) is 0 Å². The molecule has 2 N–H and O–H groups in total. The Morgan fingerprint density at radius 2 is 1.58 bits per heavy atom. The maximum Gasteiger partial charge on any atom is 0.251 e. The maximum absolute atomic E-state index is 12.3. The van der Waals surface area contributed by atoms with Crippen molar-refractivity contribution in [3.8, 4) is 5.75 Å². The predicted octanol–water partition coefficient (Wildman–Crippen LogP) is 2.35. The number of amides is 2. The topological polar surface area (TPSA) is 79.9 Å². The fourth-order valence-electron chi connectivity index (χ4n) is 3.70. The van der Waals surface area contributed by atoms with Gasteiger partial charge in [0.25, 0.3) is 5.91 Å². The average Bonchev–Trinajstić information content (AvgIpc) is 2.76. The Hall–Kier alpha value is -2.90. The quantitative estimate of drug-likeness (QED) is 0.679. The predicted molar refractivity (Wildman–Crippen MR) is 119 cm³/mol. The largest absolute Gasteiger partial charge is 0.497 e. The van der Waals surface area contributed by atoms with Gasteiger partial charge < -0.3 is 20.1 Å². The number of nitrogens with zero attached hydrogens (tertiary/aromatic N) is 1. The summed E-state index contributed by atoms with van der Waals surface area (Å²) in [6.07, 6.45) is 0.453. The third-order valence-corrected chi connectivity index (χ3v) is 5.18. The van der Waals surface area contributed by atoms with E-state index in [1.807, 2.05) is 36.4 Å². The van der Waals surface area contributed by atoms with Crippen LogP contribution < -0.4 is 15.4 Å². The van der Waals surface area contributed by atoms with Gasteiger partial charge in [-0.25, -0.2) is 0 Å². The van der Waals surface area contributed by atoms with Gasteiger partial charge in [-0.05, 0) is 49.2 Å². The Kier molecular flexibility index (Phi) is 8.03. The Labute approximate surface area is 183 Å². The second-order valence-corrected chi connectivity index (χ2v) is 7.96. The van der Waals surface area contributed by atoms with Crippen LogP contribution in [-0.4, -0.2) is 55.7 Å². The minimum absolute atomic E-state index is 0.0692. The highest BCUT2D eigenvalue weighted by Gasteiger charge is 2.22. The van der Waals surface area contributed by atoms with Crippen LogP contribution in [0.25, 0.3) is 0 Å². The minimum atomic E-state index is -0.264. The molecular weight excluding hydrogens is 394 g/mol. The van der Waals surface area contributed by atoms with Gasteiger partial charge in [-0.2, -0.15) is 0 Å². The SMILES string of the molecule is COc1ccc(CNC(=O)CNC(=O)c2ccc(CN3CC(C)OC(C)C3)cc2)cc1. The number of benzene rings is 2. The number of methoxy groups -OCH3 is 1. The first-order valence-corrected chi connectivity index (χ1v) is 10.6. The van der Waals surface area contributed by atoms with Crippen LogP contribution in [0.1, 0.15) is 35.3 Å². The van der Waals surface area contributed by atoms with Crippen molar-refractivity contribution in [1.82, 2.24) is 15.5 Å². The number of nitrogens with one attached hydrogen (secondary N) is 2. The molecule has 0 aliphatic carbocycles. The zero-order valence-corrected chi connectivity index (χ0v) is 18.4. The summed E-state index contributed by atoms with van der Waals surface area (Å²) in [6, 6.07) is 15.0. The second-order valence-electron chi connectivity index (χ2n) is 7.96. The monoisotopic (exact) mass is 425 g/mol. The summed E-state index contributed by atoms with van der Waals surface area (Å²) in [5.41, 5.74) is 2.64. The van der Waals surface area contributed by atoms with Crippen LogP contribution in [0.3, 0.4) is 0 Å². The number of morpholine rings is 1. The van der Waals surface area contributed by atoms with Crippen LogP contribution in [0.5, 0.6) is 5.75 Å². The van der Waals surface area contributed by atoms with Gasteiger partial charge in [0.15, 0.2) is 0 Å². The molecule has 1 aliphatic rings. The standard InChI is InChI=1S/C24H31N3O4/c1-17-14-27(15-18(2)31-17)16-20-4-8-21(9-5-20)24(29)26-13-23(28)25-12-19-6-10-22(30-3)11-7-19/h4-11,17-18H,12-16H2,1-3H3,(H,25,28)(H,26,29). The first kappa shape index (κ1) is 22.8. The van der Waals surface area contributed by atoms with Crippen LogP contribution >= 0.6 is 0 Å². The molecule has 166 valence electrons. The first-order chi connectivity index (χ1) is 14.9. The lowest BCUT2D eigenvalue weighted by molar-refractivity contribution is -0.120. The second kappa shape index (κ2) is 10.9. The lowest BCUT2D eigenvalue weighted by Crippen LogP contribution is -2.44. The van der Waals surface area contributed by atoms with Crippen LogP contribution in [0, 0.1) is 0 Å². The van der Waals surface area contributed by atoms with E-state index in [9.17, 15) is 9.59 Å². The molecule has 1 saturated heterocycles. The Morgan fingerprint density at radius 1 is 0.968 bits per heavy atom. The zero-order chi connectivity index (χ0) is 22.2. The molecule has 3 rings (SSSR count). The normalized spacial score (nSPS) is 18.9. The summed E-state index contributed by atoms with van der Waals surface area (Å²) in [5.74, 6) is 0.263. The smallest absolute Gasteiger partial charge is 0.251 e. The van der Waals surface area contributed by atoms with E-state index >= 15 is 0 Å². The van der Waals surface area contributed by atoms with Crippen LogP contribution in [0.15, 0.2) is 48.5 Å². The van der Waals surface area contributed by atoms with Gasteiger partial charge in [-0.1, -0.05) is 24.3 Å². The first-order valence-electron chi connectivity index (χ1n) is 10.6. The van der Waals surface area contributed by atoms with E-state index < -0.39 is 0 Å². The summed E-state index contributed by atoms with van der Waals surface area (Å²) in [4.78, 5) is 26.7. The molecule has 2 atom stereocenters. The number of hydrogen-bond acceptors (Lipinski definition) is 5. The molecule has 0 bridgehead atoms. The third kappa shape index (κ3) is 7.08. The Bertz CT molecular complexity index is 857. The summed E-state index contributed by atoms with van der Waals surface area (Å²) >= 11 is 0. The maximum atomic E-state index is 12.3. The molecule has 7 heteroatoms. The number of hydrogen-bond donors (Lipinski definition) is 2. The highest BCUT2D eigenvalue weighted by molar-refractivity contribution is 5.96. The van der Waals surface area contributed by atoms with E-state index in [-0.39, 0.29) is 30.6 Å². The Morgan fingerprint density at radius 3 is 2.19 bits per heavy atom. The molecule has 0 aromatic heterocycles. The molecular formula is C24H31N3O4. The van der Waals surface area contributed by atoms with Gasteiger partial charge in [0.05, 0.1) is 25.9 Å². The lowest BCUT2D eigenvalue weighted by atomic mass is 10.1. The highest BCUT2D eigenvalue weighted by atomic mass is 16.5. The van der Waals surface area contributed by atoms with Gasteiger partial charge in [0, 0.05) is 31.7 Å². The molecule has 0 saturated carbocycles. The molecule has 1 fully saturated rings. The molecule has 7 nitrogen and oxygen atoms in total. The van der Waals surface area contributed by atoms with E-state index in [0.717, 1.165) is 36.5 Å². The van der Waals surface area contributed by atoms with Crippen molar-refractivity contribution in [2.45, 2.75) is 39.1 Å². The average molecular weight is 426 g/mol. The van der Waals surface area contributed by atoms with Crippen LogP contribution in [0.4, 0.5) is 0 Å². The molecule has 0 spiro atoms. The van der Waals surface area contributed by atoms with Gasteiger partial charge in [-0.3, -0.25) is 14.5 Å². The molecule has 2 aromatic rings. The molecule has 2 aromatic carbocycles. The summed E-state index contributed by atoms with van der Waals surface area (Å²) < 4.78 is 10.9. The van der Waals surface area contributed by atoms with Crippen molar-refractivity contribution in [3.63, 3.8) is 0 Å².